The summed E-state index contributed by atoms with van der Waals surface area (Å²) in [6, 6.07) is 14.1. The van der Waals surface area contributed by atoms with Gasteiger partial charge in [0.25, 0.3) is 5.91 Å². The van der Waals surface area contributed by atoms with Gasteiger partial charge in [-0.15, -0.1) is 0 Å². The van der Waals surface area contributed by atoms with Gasteiger partial charge in [-0.05, 0) is 61.7 Å². The number of hydrogen-bond acceptors (Lipinski definition) is 2. The summed E-state index contributed by atoms with van der Waals surface area (Å²) in [6.07, 6.45) is 0. The molecule has 0 unspecified atom stereocenters. The van der Waals surface area contributed by atoms with Crippen molar-refractivity contribution in [3.8, 4) is 5.69 Å². The number of anilines is 2. The molecule has 0 atom stereocenters. The minimum atomic E-state index is -0.574. The average Bonchev–Trinajstić information content (AvgIpc) is 2.98. The van der Waals surface area contributed by atoms with Crippen LogP contribution in [0.2, 0.25) is 0 Å². The van der Waals surface area contributed by atoms with E-state index in [0.29, 0.717) is 17.2 Å². The lowest BCUT2D eigenvalue weighted by atomic mass is 10.0. The van der Waals surface area contributed by atoms with Crippen molar-refractivity contribution in [2.75, 3.05) is 10.6 Å². The smallest absolute Gasteiger partial charge is 0.257 e. The highest BCUT2D eigenvalue weighted by molar-refractivity contribution is 6.06. The lowest BCUT2D eigenvalue weighted by molar-refractivity contribution is -0.114. The van der Waals surface area contributed by atoms with Crippen LogP contribution in [-0.2, 0) is 4.79 Å². The van der Waals surface area contributed by atoms with Crippen LogP contribution in [0.4, 0.5) is 15.8 Å². The molecule has 2 aromatic carbocycles. The lowest BCUT2D eigenvalue weighted by Gasteiger charge is -2.12. The van der Waals surface area contributed by atoms with Crippen molar-refractivity contribution in [1.29, 1.82) is 0 Å². The summed E-state index contributed by atoms with van der Waals surface area (Å²) in [5.41, 5.74) is 4.76. The number of aryl methyl sites for hydroxylation is 1. The maximum absolute atomic E-state index is 14.2. The van der Waals surface area contributed by atoms with Crippen LogP contribution < -0.4 is 10.6 Å². The first-order valence-electron chi connectivity index (χ1n) is 9.85. The molecule has 0 aliphatic carbocycles. The standard InChI is InChI=1S/C24H26FN3O2/c1-14(2)18-6-9-20(10-7-18)28-15(3)12-21(16(28)4)24(30)27-23-13-19(26-17(5)29)8-11-22(23)25/h6-14H,1-5H3,(H,26,29)(H,27,30). The van der Waals surface area contributed by atoms with E-state index >= 15 is 0 Å². The summed E-state index contributed by atoms with van der Waals surface area (Å²) < 4.78 is 16.2. The molecule has 1 heterocycles. The van der Waals surface area contributed by atoms with Crippen LogP contribution in [0, 0.1) is 19.7 Å². The predicted molar refractivity (Wildman–Crippen MR) is 118 cm³/mol. The highest BCUT2D eigenvalue weighted by atomic mass is 19.1. The van der Waals surface area contributed by atoms with E-state index in [2.05, 4.69) is 36.6 Å². The fourth-order valence-corrected chi connectivity index (χ4v) is 3.49. The van der Waals surface area contributed by atoms with E-state index in [1.807, 2.05) is 30.5 Å². The average molecular weight is 407 g/mol. The number of nitrogens with zero attached hydrogens (tertiary/aromatic N) is 1. The van der Waals surface area contributed by atoms with Crippen LogP contribution in [0.3, 0.4) is 0 Å². The lowest BCUT2D eigenvalue weighted by Crippen LogP contribution is -2.15. The molecular formula is C24H26FN3O2. The molecule has 156 valence electrons. The Labute approximate surface area is 175 Å². The Morgan fingerprint density at radius 3 is 2.23 bits per heavy atom. The Morgan fingerprint density at radius 1 is 0.967 bits per heavy atom. The van der Waals surface area contributed by atoms with Crippen LogP contribution in [0.25, 0.3) is 5.69 Å². The van der Waals surface area contributed by atoms with E-state index in [1.54, 1.807) is 6.07 Å². The Kier molecular flexibility index (Phi) is 6.06. The maximum Gasteiger partial charge on any atom is 0.257 e. The van der Waals surface area contributed by atoms with E-state index < -0.39 is 11.7 Å². The molecule has 3 aromatic rings. The zero-order valence-electron chi connectivity index (χ0n) is 17.8. The first-order valence-corrected chi connectivity index (χ1v) is 9.85. The monoisotopic (exact) mass is 407 g/mol. The van der Waals surface area contributed by atoms with Crippen LogP contribution in [-0.4, -0.2) is 16.4 Å². The topological polar surface area (TPSA) is 63.1 Å². The summed E-state index contributed by atoms with van der Waals surface area (Å²) in [7, 11) is 0. The van der Waals surface area contributed by atoms with E-state index in [9.17, 15) is 14.0 Å². The van der Waals surface area contributed by atoms with Gasteiger partial charge in [0.2, 0.25) is 5.91 Å². The molecule has 0 fully saturated rings. The zero-order valence-corrected chi connectivity index (χ0v) is 17.8. The first kappa shape index (κ1) is 21.3. The van der Waals surface area contributed by atoms with Crippen molar-refractivity contribution < 1.29 is 14.0 Å². The third-order valence-corrected chi connectivity index (χ3v) is 5.03. The Balaban J connectivity index is 1.89. The molecule has 0 spiro atoms. The third-order valence-electron chi connectivity index (χ3n) is 5.03. The third kappa shape index (κ3) is 4.43. The van der Waals surface area contributed by atoms with Gasteiger partial charge in [0.1, 0.15) is 5.82 Å². The van der Waals surface area contributed by atoms with Crippen molar-refractivity contribution >= 4 is 23.2 Å². The molecule has 0 aliphatic rings. The predicted octanol–water partition coefficient (Wildman–Crippen LogP) is 5.57. The highest BCUT2D eigenvalue weighted by Crippen LogP contribution is 2.25. The van der Waals surface area contributed by atoms with Crippen LogP contribution >= 0.6 is 0 Å². The molecule has 0 saturated heterocycles. The van der Waals surface area contributed by atoms with Crippen molar-refractivity contribution in [3.63, 3.8) is 0 Å². The molecule has 0 bridgehead atoms. The summed E-state index contributed by atoms with van der Waals surface area (Å²) in [6.45, 7) is 9.44. The number of aromatic nitrogens is 1. The number of carbonyl (C=O) groups excluding carboxylic acids is 2. The minimum Gasteiger partial charge on any atom is -0.326 e. The first-order chi connectivity index (χ1) is 14.2. The minimum absolute atomic E-state index is 0.0114. The van der Waals surface area contributed by atoms with E-state index in [1.165, 1.54) is 30.7 Å². The van der Waals surface area contributed by atoms with Gasteiger partial charge in [-0.1, -0.05) is 26.0 Å². The normalized spacial score (nSPS) is 10.9. The van der Waals surface area contributed by atoms with E-state index in [4.69, 9.17) is 0 Å². The Morgan fingerprint density at radius 2 is 1.63 bits per heavy atom. The van der Waals surface area contributed by atoms with Crippen LogP contribution in [0.15, 0.2) is 48.5 Å². The van der Waals surface area contributed by atoms with E-state index in [-0.39, 0.29) is 11.6 Å². The summed E-state index contributed by atoms with van der Waals surface area (Å²) in [5, 5.41) is 5.20. The van der Waals surface area contributed by atoms with Gasteiger partial charge >= 0.3 is 0 Å². The molecule has 0 aliphatic heterocycles. The fraction of sp³-hybridized carbons (Fsp3) is 0.250. The maximum atomic E-state index is 14.2. The number of benzene rings is 2. The van der Waals surface area contributed by atoms with E-state index in [0.717, 1.165) is 17.1 Å². The van der Waals surface area contributed by atoms with Gasteiger partial charge in [0, 0.05) is 29.7 Å². The molecule has 2 amide bonds. The molecule has 3 rings (SSSR count). The van der Waals surface area contributed by atoms with Gasteiger partial charge in [-0.3, -0.25) is 9.59 Å². The van der Waals surface area contributed by atoms with Gasteiger partial charge in [0.05, 0.1) is 11.3 Å². The van der Waals surface area contributed by atoms with Crippen molar-refractivity contribution in [1.82, 2.24) is 4.57 Å². The molecule has 2 N–H and O–H groups in total. The van der Waals surface area contributed by atoms with Crippen molar-refractivity contribution in [2.45, 2.75) is 40.5 Å². The highest BCUT2D eigenvalue weighted by Gasteiger charge is 2.18. The number of carbonyl (C=O) groups is 2. The van der Waals surface area contributed by atoms with Gasteiger partial charge in [-0.2, -0.15) is 0 Å². The molecule has 5 nitrogen and oxygen atoms in total. The van der Waals surface area contributed by atoms with Crippen molar-refractivity contribution in [2.24, 2.45) is 0 Å². The Hall–Kier alpha value is -3.41. The summed E-state index contributed by atoms with van der Waals surface area (Å²) >= 11 is 0. The SMILES string of the molecule is CC(=O)Nc1ccc(F)c(NC(=O)c2cc(C)n(-c3ccc(C(C)C)cc3)c2C)c1. The molecule has 1 aromatic heterocycles. The number of amides is 2. The zero-order chi connectivity index (χ0) is 22.0. The van der Waals surface area contributed by atoms with Gasteiger partial charge < -0.3 is 15.2 Å². The number of nitrogens with one attached hydrogen (secondary N) is 2. The van der Waals surface area contributed by atoms with Crippen molar-refractivity contribution in [3.05, 3.63) is 76.9 Å². The second-order valence-electron chi connectivity index (χ2n) is 7.70. The van der Waals surface area contributed by atoms with Crippen LogP contribution in [0.5, 0.6) is 0 Å². The molecule has 6 heteroatoms. The molecule has 30 heavy (non-hydrogen) atoms. The van der Waals surface area contributed by atoms with Gasteiger partial charge in [-0.25, -0.2) is 4.39 Å². The largest absolute Gasteiger partial charge is 0.326 e. The fourth-order valence-electron chi connectivity index (χ4n) is 3.49. The number of halogens is 1. The number of hydrogen-bond donors (Lipinski definition) is 2. The summed E-state index contributed by atoms with van der Waals surface area (Å²) in [4.78, 5) is 24.1. The van der Waals surface area contributed by atoms with Gasteiger partial charge in [0.15, 0.2) is 0 Å². The van der Waals surface area contributed by atoms with Crippen LogP contribution in [0.1, 0.15) is 54.0 Å². The molecule has 0 radical (unpaired) electrons. The number of rotatable bonds is 5. The summed E-state index contributed by atoms with van der Waals surface area (Å²) in [5.74, 6) is -0.816. The second kappa shape index (κ2) is 8.53. The Bertz CT molecular complexity index is 1100. The molecule has 0 saturated carbocycles. The second-order valence-corrected chi connectivity index (χ2v) is 7.70. The molecular weight excluding hydrogens is 381 g/mol. The quantitative estimate of drug-likeness (QED) is 0.581.